The predicted octanol–water partition coefficient (Wildman–Crippen LogP) is 3.31. The monoisotopic (exact) mass is 266 g/mol. The SMILES string of the molecule is CC(=O)CCCCSc1ccc2c(c1)OCCO2. The minimum Gasteiger partial charge on any atom is -0.486 e. The number of hydrogen-bond acceptors (Lipinski definition) is 4. The molecule has 18 heavy (non-hydrogen) atoms. The largest absolute Gasteiger partial charge is 0.486 e. The first-order valence-electron chi connectivity index (χ1n) is 6.27. The van der Waals surface area contributed by atoms with Crippen molar-refractivity contribution < 1.29 is 14.3 Å². The van der Waals surface area contributed by atoms with Gasteiger partial charge in [0.15, 0.2) is 11.5 Å². The summed E-state index contributed by atoms with van der Waals surface area (Å²) >= 11 is 1.80. The van der Waals surface area contributed by atoms with Crippen LogP contribution in [0.3, 0.4) is 0 Å². The van der Waals surface area contributed by atoms with Crippen LogP contribution in [0.25, 0.3) is 0 Å². The average Bonchev–Trinajstić information content (AvgIpc) is 2.38. The van der Waals surface area contributed by atoms with E-state index in [1.165, 1.54) is 4.90 Å². The molecule has 0 bridgehead atoms. The molecule has 0 unspecified atom stereocenters. The molecule has 0 radical (unpaired) electrons. The maximum Gasteiger partial charge on any atom is 0.162 e. The predicted molar refractivity (Wildman–Crippen MR) is 72.7 cm³/mol. The third-order valence-corrected chi connectivity index (χ3v) is 3.79. The molecule has 1 aromatic rings. The molecule has 0 fully saturated rings. The van der Waals surface area contributed by atoms with E-state index in [-0.39, 0.29) is 5.78 Å². The van der Waals surface area contributed by atoms with E-state index in [4.69, 9.17) is 9.47 Å². The highest BCUT2D eigenvalue weighted by Crippen LogP contribution is 2.34. The Labute approximate surface area is 112 Å². The molecule has 0 aromatic heterocycles. The van der Waals surface area contributed by atoms with E-state index in [9.17, 15) is 4.79 Å². The van der Waals surface area contributed by atoms with Crippen molar-refractivity contribution in [3.8, 4) is 11.5 Å². The minimum absolute atomic E-state index is 0.277. The van der Waals surface area contributed by atoms with Crippen LogP contribution in [-0.4, -0.2) is 24.7 Å². The van der Waals surface area contributed by atoms with Gasteiger partial charge in [-0.05, 0) is 43.7 Å². The Morgan fingerprint density at radius 3 is 2.78 bits per heavy atom. The molecule has 1 aliphatic heterocycles. The highest BCUT2D eigenvalue weighted by molar-refractivity contribution is 7.99. The first kappa shape index (κ1) is 13.3. The molecule has 2 rings (SSSR count). The molecule has 0 N–H and O–H groups in total. The van der Waals surface area contributed by atoms with Gasteiger partial charge in [0, 0.05) is 11.3 Å². The lowest BCUT2D eigenvalue weighted by Crippen LogP contribution is -2.15. The Bertz CT molecular complexity index is 418. The Morgan fingerprint density at radius 2 is 2.00 bits per heavy atom. The standard InChI is InChI=1S/C14H18O3S/c1-11(15)4-2-3-9-18-12-5-6-13-14(10-12)17-8-7-16-13/h5-6,10H,2-4,7-9H2,1H3. The van der Waals surface area contributed by atoms with Gasteiger partial charge in [-0.2, -0.15) is 0 Å². The van der Waals surface area contributed by atoms with E-state index in [0.717, 1.165) is 30.1 Å². The molecular formula is C14H18O3S. The van der Waals surface area contributed by atoms with E-state index >= 15 is 0 Å². The summed E-state index contributed by atoms with van der Waals surface area (Å²) < 4.78 is 11.0. The lowest BCUT2D eigenvalue weighted by molar-refractivity contribution is -0.117. The maximum absolute atomic E-state index is 10.8. The summed E-state index contributed by atoms with van der Waals surface area (Å²) in [6.07, 6.45) is 2.74. The summed E-state index contributed by atoms with van der Waals surface area (Å²) in [5.74, 6) is 2.99. The molecule has 0 saturated carbocycles. The summed E-state index contributed by atoms with van der Waals surface area (Å²) in [6.45, 7) is 2.90. The number of thioether (sulfide) groups is 1. The highest BCUT2D eigenvalue weighted by Gasteiger charge is 2.11. The Hall–Kier alpha value is -1.16. The zero-order valence-electron chi connectivity index (χ0n) is 10.6. The first-order chi connectivity index (χ1) is 8.75. The molecule has 0 aliphatic carbocycles. The summed E-state index contributed by atoms with van der Waals surface area (Å²) in [4.78, 5) is 12.0. The van der Waals surface area contributed by atoms with Crippen LogP contribution in [0, 0.1) is 0 Å². The molecule has 1 aromatic carbocycles. The number of rotatable bonds is 6. The molecular weight excluding hydrogens is 248 g/mol. The smallest absolute Gasteiger partial charge is 0.162 e. The quantitative estimate of drug-likeness (QED) is 0.584. The van der Waals surface area contributed by atoms with Crippen LogP contribution in [0.5, 0.6) is 11.5 Å². The van der Waals surface area contributed by atoms with Gasteiger partial charge in [-0.3, -0.25) is 0 Å². The fraction of sp³-hybridized carbons (Fsp3) is 0.500. The van der Waals surface area contributed by atoms with Crippen LogP contribution in [0.2, 0.25) is 0 Å². The summed E-state index contributed by atoms with van der Waals surface area (Å²) in [5.41, 5.74) is 0. The lowest BCUT2D eigenvalue weighted by Gasteiger charge is -2.18. The van der Waals surface area contributed by atoms with Crippen molar-refractivity contribution in [3.63, 3.8) is 0 Å². The second-order valence-electron chi connectivity index (χ2n) is 4.31. The molecule has 3 nitrogen and oxygen atoms in total. The van der Waals surface area contributed by atoms with Crippen LogP contribution in [0.4, 0.5) is 0 Å². The topological polar surface area (TPSA) is 35.5 Å². The van der Waals surface area contributed by atoms with Gasteiger partial charge in [0.05, 0.1) is 0 Å². The number of fused-ring (bicyclic) bond motifs is 1. The van der Waals surface area contributed by atoms with Crippen molar-refractivity contribution in [3.05, 3.63) is 18.2 Å². The van der Waals surface area contributed by atoms with Gasteiger partial charge in [0.25, 0.3) is 0 Å². The molecule has 0 atom stereocenters. The molecule has 4 heteroatoms. The van der Waals surface area contributed by atoms with Crippen molar-refractivity contribution in [2.24, 2.45) is 0 Å². The fourth-order valence-electron chi connectivity index (χ4n) is 1.78. The fourth-order valence-corrected chi connectivity index (χ4v) is 2.72. The van der Waals surface area contributed by atoms with Crippen LogP contribution in [0.15, 0.2) is 23.1 Å². The summed E-state index contributed by atoms with van der Waals surface area (Å²) in [7, 11) is 0. The molecule has 0 amide bonds. The third-order valence-electron chi connectivity index (χ3n) is 2.71. The maximum atomic E-state index is 10.8. The zero-order chi connectivity index (χ0) is 12.8. The van der Waals surface area contributed by atoms with Crippen molar-refractivity contribution in [1.82, 2.24) is 0 Å². The number of carbonyl (C=O) groups excluding carboxylic acids is 1. The zero-order valence-corrected chi connectivity index (χ0v) is 11.4. The van der Waals surface area contributed by atoms with E-state index in [1.54, 1.807) is 18.7 Å². The van der Waals surface area contributed by atoms with E-state index in [0.29, 0.717) is 19.6 Å². The molecule has 98 valence electrons. The van der Waals surface area contributed by atoms with Gasteiger partial charge in [-0.25, -0.2) is 0 Å². The summed E-state index contributed by atoms with van der Waals surface area (Å²) in [5, 5.41) is 0. The van der Waals surface area contributed by atoms with Gasteiger partial charge < -0.3 is 14.3 Å². The Balaban J connectivity index is 1.77. The number of Topliss-reactive ketones (excluding diaryl/α,β-unsaturated/α-hetero) is 1. The van der Waals surface area contributed by atoms with E-state index < -0.39 is 0 Å². The van der Waals surface area contributed by atoms with Gasteiger partial charge in [0.2, 0.25) is 0 Å². The Kier molecular flexibility index (Phi) is 4.93. The second-order valence-corrected chi connectivity index (χ2v) is 5.48. The van der Waals surface area contributed by atoms with Crippen molar-refractivity contribution in [2.75, 3.05) is 19.0 Å². The Morgan fingerprint density at radius 1 is 1.22 bits per heavy atom. The molecule has 0 spiro atoms. The number of ketones is 1. The molecule has 1 aliphatic rings. The second kappa shape index (κ2) is 6.69. The number of unbranched alkanes of at least 4 members (excludes halogenated alkanes) is 1. The highest BCUT2D eigenvalue weighted by atomic mass is 32.2. The van der Waals surface area contributed by atoms with E-state index in [2.05, 4.69) is 6.07 Å². The van der Waals surface area contributed by atoms with Crippen LogP contribution in [-0.2, 0) is 4.79 Å². The van der Waals surface area contributed by atoms with Crippen LogP contribution in [0.1, 0.15) is 26.2 Å². The number of carbonyl (C=O) groups is 1. The number of hydrogen-bond donors (Lipinski definition) is 0. The minimum atomic E-state index is 0.277. The number of ether oxygens (including phenoxy) is 2. The van der Waals surface area contributed by atoms with Crippen LogP contribution < -0.4 is 9.47 Å². The lowest BCUT2D eigenvalue weighted by atomic mass is 10.2. The normalized spacial score (nSPS) is 13.4. The van der Waals surface area contributed by atoms with Gasteiger partial charge >= 0.3 is 0 Å². The van der Waals surface area contributed by atoms with Crippen molar-refractivity contribution >= 4 is 17.5 Å². The molecule has 1 heterocycles. The van der Waals surface area contributed by atoms with Crippen LogP contribution >= 0.6 is 11.8 Å². The van der Waals surface area contributed by atoms with Gasteiger partial charge in [-0.15, -0.1) is 11.8 Å². The van der Waals surface area contributed by atoms with Crippen molar-refractivity contribution in [2.45, 2.75) is 31.1 Å². The molecule has 0 saturated heterocycles. The number of benzene rings is 1. The average molecular weight is 266 g/mol. The van der Waals surface area contributed by atoms with Gasteiger partial charge in [-0.1, -0.05) is 0 Å². The van der Waals surface area contributed by atoms with Crippen molar-refractivity contribution in [1.29, 1.82) is 0 Å². The summed E-state index contributed by atoms with van der Waals surface area (Å²) in [6, 6.07) is 6.06. The third kappa shape index (κ3) is 3.95. The first-order valence-corrected chi connectivity index (χ1v) is 7.26. The van der Waals surface area contributed by atoms with E-state index in [1.807, 2.05) is 12.1 Å². The van der Waals surface area contributed by atoms with Gasteiger partial charge in [0.1, 0.15) is 19.0 Å².